The fraction of sp³-hybridized carbons (Fsp3) is 0.167. The van der Waals surface area contributed by atoms with Gasteiger partial charge in [0.2, 0.25) is 0 Å². The molecule has 1 heterocycles. The summed E-state index contributed by atoms with van der Waals surface area (Å²) >= 11 is 1.63. The van der Waals surface area contributed by atoms with Crippen LogP contribution in [0, 0.1) is 0 Å². The first-order valence-corrected chi connectivity index (χ1v) is 5.87. The summed E-state index contributed by atoms with van der Waals surface area (Å²) in [6.45, 7) is 2.07. The lowest BCUT2D eigenvalue weighted by atomic mass is 10.1. The first kappa shape index (κ1) is 10.8. The Morgan fingerprint density at radius 3 is 2.56 bits per heavy atom. The van der Waals surface area contributed by atoms with Crippen molar-refractivity contribution >= 4 is 17.3 Å². The van der Waals surface area contributed by atoms with Crippen molar-refractivity contribution in [2.75, 3.05) is 0 Å². The Morgan fingerprint density at radius 2 is 2.06 bits per heavy atom. The molecule has 82 valence electrons. The summed E-state index contributed by atoms with van der Waals surface area (Å²) in [5.74, 6) is -0.904. The number of thiazole rings is 1. The molecule has 1 aromatic heterocycles. The standard InChI is InChI=1S/C12H11NO2S/c1-2-11-13-10(7-16-11)8-3-5-9(6-4-8)12(14)15/h3-7H,2H2,1H3,(H,14,15). The van der Waals surface area contributed by atoms with Gasteiger partial charge in [0.15, 0.2) is 0 Å². The lowest BCUT2D eigenvalue weighted by Crippen LogP contribution is -1.94. The topological polar surface area (TPSA) is 50.2 Å². The molecule has 0 spiro atoms. The number of aromatic nitrogens is 1. The molecule has 16 heavy (non-hydrogen) atoms. The Bertz CT molecular complexity index is 502. The zero-order valence-corrected chi connectivity index (χ0v) is 9.62. The summed E-state index contributed by atoms with van der Waals surface area (Å²) < 4.78 is 0. The van der Waals surface area contributed by atoms with Crippen molar-refractivity contribution in [2.24, 2.45) is 0 Å². The number of benzene rings is 1. The highest BCUT2D eigenvalue weighted by Gasteiger charge is 2.05. The van der Waals surface area contributed by atoms with E-state index in [1.54, 1.807) is 35.6 Å². The molecule has 0 unspecified atom stereocenters. The molecule has 0 aliphatic rings. The van der Waals surface area contributed by atoms with E-state index >= 15 is 0 Å². The fourth-order valence-electron chi connectivity index (χ4n) is 1.39. The summed E-state index contributed by atoms with van der Waals surface area (Å²) in [4.78, 5) is 15.1. The smallest absolute Gasteiger partial charge is 0.335 e. The molecule has 0 radical (unpaired) electrons. The molecule has 0 saturated heterocycles. The molecule has 2 aromatic rings. The zero-order chi connectivity index (χ0) is 11.5. The molecule has 1 aromatic carbocycles. The van der Waals surface area contributed by atoms with Crippen molar-refractivity contribution < 1.29 is 9.90 Å². The SMILES string of the molecule is CCc1nc(-c2ccc(C(=O)O)cc2)cs1. The normalized spacial score (nSPS) is 10.3. The summed E-state index contributed by atoms with van der Waals surface area (Å²) in [5.41, 5.74) is 2.18. The van der Waals surface area contributed by atoms with Crippen molar-refractivity contribution in [1.82, 2.24) is 4.98 Å². The molecule has 0 bridgehead atoms. The first-order chi connectivity index (χ1) is 7.70. The number of carboxylic acids is 1. The number of aromatic carboxylic acids is 1. The van der Waals surface area contributed by atoms with Crippen LogP contribution in [0.1, 0.15) is 22.3 Å². The third-order valence-electron chi connectivity index (χ3n) is 2.28. The number of aryl methyl sites for hydroxylation is 1. The van der Waals surface area contributed by atoms with Crippen LogP contribution in [0.25, 0.3) is 11.3 Å². The maximum Gasteiger partial charge on any atom is 0.335 e. The Balaban J connectivity index is 2.30. The van der Waals surface area contributed by atoms with Gasteiger partial charge in [-0.05, 0) is 18.6 Å². The molecule has 0 fully saturated rings. The van der Waals surface area contributed by atoms with Crippen molar-refractivity contribution in [3.05, 3.63) is 40.2 Å². The summed E-state index contributed by atoms with van der Waals surface area (Å²) in [5, 5.41) is 11.9. The summed E-state index contributed by atoms with van der Waals surface area (Å²) in [7, 11) is 0. The van der Waals surface area contributed by atoms with Gasteiger partial charge in [-0.15, -0.1) is 11.3 Å². The Labute approximate surface area is 97.4 Å². The highest BCUT2D eigenvalue weighted by molar-refractivity contribution is 7.09. The van der Waals surface area contributed by atoms with Gasteiger partial charge >= 0.3 is 5.97 Å². The zero-order valence-electron chi connectivity index (χ0n) is 8.80. The van der Waals surface area contributed by atoms with Crippen molar-refractivity contribution in [1.29, 1.82) is 0 Å². The number of hydrogen-bond donors (Lipinski definition) is 1. The molecule has 1 N–H and O–H groups in total. The molecule has 0 aliphatic carbocycles. The maximum atomic E-state index is 10.7. The van der Waals surface area contributed by atoms with E-state index < -0.39 is 5.97 Å². The van der Waals surface area contributed by atoms with E-state index in [0.29, 0.717) is 5.56 Å². The third kappa shape index (κ3) is 2.12. The van der Waals surface area contributed by atoms with Crippen LogP contribution < -0.4 is 0 Å². The quantitative estimate of drug-likeness (QED) is 0.886. The van der Waals surface area contributed by atoms with Gasteiger partial charge in [0.25, 0.3) is 0 Å². The van der Waals surface area contributed by atoms with Crippen LogP contribution in [0.2, 0.25) is 0 Å². The van der Waals surface area contributed by atoms with Gasteiger partial charge in [-0.1, -0.05) is 19.1 Å². The lowest BCUT2D eigenvalue weighted by Gasteiger charge is -1.97. The van der Waals surface area contributed by atoms with Gasteiger partial charge in [-0.25, -0.2) is 9.78 Å². The number of carboxylic acid groups (broad SMARTS) is 1. The van der Waals surface area contributed by atoms with Crippen LogP contribution in [0.3, 0.4) is 0 Å². The molecule has 0 atom stereocenters. The minimum absolute atomic E-state index is 0.301. The number of carbonyl (C=O) groups is 1. The van der Waals surface area contributed by atoms with E-state index in [9.17, 15) is 4.79 Å². The van der Waals surface area contributed by atoms with Crippen molar-refractivity contribution in [2.45, 2.75) is 13.3 Å². The van der Waals surface area contributed by atoms with Crippen LogP contribution in [-0.4, -0.2) is 16.1 Å². The summed E-state index contributed by atoms with van der Waals surface area (Å²) in [6, 6.07) is 6.78. The Kier molecular flexibility index (Phi) is 3.01. The Hall–Kier alpha value is -1.68. The Morgan fingerprint density at radius 1 is 1.38 bits per heavy atom. The van der Waals surface area contributed by atoms with Crippen LogP contribution in [0.15, 0.2) is 29.6 Å². The van der Waals surface area contributed by atoms with E-state index in [2.05, 4.69) is 11.9 Å². The van der Waals surface area contributed by atoms with Crippen LogP contribution in [0.5, 0.6) is 0 Å². The lowest BCUT2D eigenvalue weighted by molar-refractivity contribution is 0.0697. The molecule has 0 amide bonds. The molecular weight excluding hydrogens is 222 g/mol. The predicted molar refractivity (Wildman–Crippen MR) is 63.9 cm³/mol. The predicted octanol–water partition coefficient (Wildman–Crippen LogP) is 3.07. The fourth-order valence-corrected chi connectivity index (χ4v) is 2.14. The van der Waals surface area contributed by atoms with Gasteiger partial charge in [0, 0.05) is 10.9 Å². The average Bonchev–Trinajstić information content (AvgIpc) is 2.77. The maximum absolute atomic E-state index is 10.7. The molecule has 0 aliphatic heterocycles. The first-order valence-electron chi connectivity index (χ1n) is 4.99. The number of rotatable bonds is 3. The minimum Gasteiger partial charge on any atom is -0.478 e. The molecule has 3 nitrogen and oxygen atoms in total. The number of hydrogen-bond acceptors (Lipinski definition) is 3. The highest BCUT2D eigenvalue weighted by Crippen LogP contribution is 2.22. The molecule has 2 rings (SSSR count). The second kappa shape index (κ2) is 4.45. The minimum atomic E-state index is -0.904. The van der Waals surface area contributed by atoms with Crippen molar-refractivity contribution in [3.63, 3.8) is 0 Å². The van der Waals surface area contributed by atoms with Gasteiger partial charge in [-0.2, -0.15) is 0 Å². The van der Waals surface area contributed by atoms with E-state index in [0.717, 1.165) is 22.7 Å². The second-order valence-electron chi connectivity index (χ2n) is 3.36. The van der Waals surface area contributed by atoms with E-state index in [-0.39, 0.29) is 0 Å². The monoisotopic (exact) mass is 233 g/mol. The largest absolute Gasteiger partial charge is 0.478 e. The second-order valence-corrected chi connectivity index (χ2v) is 4.31. The van der Waals surface area contributed by atoms with Gasteiger partial charge < -0.3 is 5.11 Å². The molecular formula is C12H11NO2S. The van der Waals surface area contributed by atoms with E-state index in [1.807, 2.05) is 5.38 Å². The van der Waals surface area contributed by atoms with Crippen LogP contribution in [-0.2, 0) is 6.42 Å². The van der Waals surface area contributed by atoms with Crippen LogP contribution in [0.4, 0.5) is 0 Å². The molecule has 0 saturated carbocycles. The number of nitrogens with zero attached hydrogens (tertiary/aromatic N) is 1. The third-order valence-corrected chi connectivity index (χ3v) is 3.27. The van der Waals surface area contributed by atoms with Gasteiger partial charge in [-0.3, -0.25) is 0 Å². The molecule has 4 heteroatoms. The average molecular weight is 233 g/mol. The van der Waals surface area contributed by atoms with E-state index in [1.165, 1.54) is 0 Å². The van der Waals surface area contributed by atoms with Gasteiger partial charge in [0.1, 0.15) is 0 Å². The van der Waals surface area contributed by atoms with Crippen LogP contribution >= 0.6 is 11.3 Å². The van der Waals surface area contributed by atoms with E-state index in [4.69, 9.17) is 5.11 Å². The van der Waals surface area contributed by atoms with Crippen molar-refractivity contribution in [3.8, 4) is 11.3 Å². The van der Waals surface area contributed by atoms with Gasteiger partial charge in [0.05, 0.1) is 16.3 Å². The summed E-state index contributed by atoms with van der Waals surface area (Å²) in [6.07, 6.45) is 0.928. The highest BCUT2D eigenvalue weighted by atomic mass is 32.1.